The van der Waals surface area contributed by atoms with Crippen molar-refractivity contribution >= 4 is 38.1 Å². The molecule has 0 aliphatic rings. The second kappa shape index (κ2) is 4.95. The Kier molecular flexibility index (Phi) is 4.15. The maximum Gasteiger partial charge on any atom is 0.234 e. The first kappa shape index (κ1) is 11.7. The van der Waals surface area contributed by atoms with Gasteiger partial charge in [0, 0.05) is 17.0 Å². The van der Waals surface area contributed by atoms with Crippen molar-refractivity contribution in [2.24, 2.45) is 0 Å². The van der Waals surface area contributed by atoms with Gasteiger partial charge >= 0.3 is 0 Å². The Hall–Kier alpha value is -0.330. The second-order valence-corrected chi connectivity index (χ2v) is 6.19. The van der Waals surface area contributed by atoms with E-state index in [1.165, 1.54) is 11.3 Å². The fraction of sp³-hybridized carbons (Fsp3) is 0.571. The molecular weight excluding hydrogens is 244 g/mol. The molecule has 0 atom stereocenters. The molecule has 0 radical (unpaired) electrons. The smallest absolute Gasteiger partial charge is 0.234 e. The van der Waals surface area contributed by atoms with Crippen molar-refractivity contribution in [2.45, 2.75) is 13.3 Å². The summed E-state index contributed by atoms with van der Waals surface area (Å²) in [6.45, 7) is 1.87. The summed E-state index contributed by atoms with van der Waals surface area (Å²) in [6.07, 6.45) is 2.07. The lowest BCUT2D eigenvalue weighted by atomic mass is 10.6. The lowest BCUT2D eigenvalue weighted by Gasteiger charge is -2.02. The lowest BCUT2D eigenvalue weighted by molar-refractivity contribution is 0.600. The first-order chi connectivity index (χ1) is 6.53. The molecule has 0 bridgehead atoms. The molecule has 0 spiro atoms. The molecule has 1 N–H and O–H groups in total. The van der Waals surface area contributed by atoms with Crippen LogP contribution in [-0.4, -0.2) is 25.0 Å². The van der Waals surface area contributed by atoms with E-state index in [2.05, 4.69) is 9.71 Å². The molecule has 1 aromatic rings. The van der Waals surface area contributed by atoms with Gasteiger partial charge in [0.25, 0.3) is 0 Å². The number of nitrogens with zero attached hydrogens (tertiary/aromatic N) is 1. The molecular formula is C7H11ClN2O2S2. The van der Waals surface area contributed by atoms with Gasteiger partial charge in [-0.1, -0.05) is 0 Å². The van der Waals surface area contributed by atoms with Crippen LogP contribution >= 0.6 is 22.9 Å². The molecule has 1 rings (SSSR count). The zero-order valence-corrected chi connectivity index (χ0v) is 10.0. The van der Waals surface area contributed by atoms with Gasteiger partial charge in [0.2, 0.25) is 10.0 Å². The van der Waals surface area contributed by atoms with Crippen LogP contribution in [-0.2, 0) is 10.0 Å². The van der Waals surface area contributed by atoms with Crippen LogP contribution in [0.1, 0.15) is 11.3 Å². The van der Waals surface area contributed by atoms with E-state index >= 15 is 0 Å². The second-order valence-electron chi connectivity index (χ2n) is 2.74. The molecule has 1 heterocycles. The van der Waals surface area contributed by atoms with E-state index in [9.17, 15) is 8.42 Å². The number of sulfonamides is 1. The summed E-state index contributed by atoms with van der Waals surface area (Å²) in [7, 11) is -3.27. The number of halogens is 1. The Balaban J connectivity index is 2.59. The van der Waals surface area contributed by atoms with Gasteiger partial charge in [0.15, 0.2) is 5.13 Å². The molecule has 14 heavy (non-hydrogen) atoms. The number of nitrogens with one attached hydrogen (secondary N) is 1. The number of thiazole rings is 1. The number of aryl methyl sites for hydroxylation is 1. The number of rotatable bonds is 5. The Morgan fingerprint density at radius 2 is 2.36 bits per heavy atom. The van der Waals surface area contributed by atoms with Crippen LogP contribution in [0.3, 0.4) is 0 Å². The maximum absolute atomic E-state index is 11.4. The maximum atomic E-state index is 11.4. The molecule has 80 valence electrons. The van der Waals surface area contributed by atoms with Crippen molar-refractivity contribution in [3.05, 3.63) is 11.1 Å². The van der Waals surface area contributed by atoms with Gasteiger partial charge in [0.1, 0.15) is 0 Å². The number of alkyl halides is 1. The molecule has 0 amide bonds. The van der Waals surface area contributed by atoms with E-state index in [1.807, 2.05) is 6.92 Å². The summed E-state index contributed by atoms with van der Waals surface area (Å²) < 4.78 is 25.1. The molecule has 0 saturated carbocycles. The Morgan fingerprint density at radius 1 is 1.64 bits per heavy atom. The van der Waals surface area contributed by atoms with Crippen LogP contribution in [0, 0.1) is 6.92 Å². The van der Waals surface area contributed by atoms with Crippen LogP contribution < -0.4 is 4.72 Å². The average Bonchev–Trinajstić information content (AvgIpc) is 2.47. The van der Waals surface area contributed by atoms with Crippen LogP contribution in [0.4, 0.5) is 5.13 Å². The van der Waals surface area contributed by atoms with Gasteiger partial charge in [0.05, 0.1) is 5.75 Å². The number of hydrogen-bond acceptors (Lipinski definition) is 4. The quantitative estimate of drug-likeness (QED) is 0.816. The van der Waals surface area contributed by atoms with E-state index in [1.54, 1.807) is 6.20 Å². The van der Waals surface area contributed by atoms with Crippen molar-refractivity contribution < 1.29 is 8.42 Å². The third kappa shape index (κ3) is 3.81. The highest BCUT2D eigenvalue weighted by molar-refractivity contribution is 7.92. The number of hydrogen-bond donors (Lipinski definition) is 1. The Labute approximate surface area is 92.4 Å². The van der Waals surface area contributed by atoms with E-state index in [0.29, 0.717) is 17.4 Å². The summed E-state index contributed by atoms with van der Waals surface area (Å²) >= 11 is 6.72. The summed E-state index contributed by atoms with van der Waals surface area (Å²) in [5.74, 6) is 0.382. The van der Waals surface area contributed by atoms with Crippen molar-refractivity contribution in [1.82, 2.24) is 4.98 Å². The van der Waals surface area contributed by atoms with Gasteiger partial charge in [-0.3, -0.25) is 4.72 Å². The zero-order valence-electron chi connectivity index (χ0n) is 7.66. The SMILES string of the molecule is Cc1cnc(NS(=O)(=O)CCCCl)s1. The van der Waals surface area contributed by atoms with E-state index in [0.717, 1.165) is 4.88 Å². The van der Waals surface area contributed by atoms with Crippen LogP contribution in [0.5, 0.6) is 0 Å². The largest absolute Gasteiger partial charge is 0.259 e. The molecule has 1 aromatic heterocycles. The molecule has 0 aliphatic heterocycles. The summed E-state index contributed by atoms with van der Waals surface area (Å²) in [5.41, 5.74) is 0. The highest BCUT2D eigenvalue weighted by Crippen LogP contribution is 2.17. The van der Waals surface area contributed by atoms with Gasteiger partial charge in [-0.05, 0) is 13.3 Å². The van der Waals surface area contributed by atoms with E-state index in [-0.39, 0.29) is 5.75 Å². The zero-order chi connectivity index (χ0) is 10.6. The first-order valence-electron chi connectivity index (χ1n) is 4.02. The minimum atomic E-state index is -3.27. The van der Waals surface area contributed by atoms with Crippen molar-refractivity contribution in [1.29, 1.82) is 0 Å². The van der Waals surface area contributed by atoms with Gasteiger partial charge in [-0.15, -0.1) is 22.9 Å². The third-order valence-electron chi connectivity index (χ3n) is 1.41. The summed E-state index contributed by atoms with van der Waals surface area (Å²) in [5, 5.41) is 0.414. The van der Waals surface area contributed by atoms with Crippen molar-refractivity contribution in [2.75, 3.05) is 16.4 Å². The van der Waals surface area contributed by atoms with Gasteiger partial charge in [-0.25, -0.2) is 13.4 Å². The number of aromatic nitrogens is 1. The Morgan fingerprint density at radius 3 is 2.86 bits per heavy atom. The molecule has 0 unspecified atom stereocenters. The van der Waals surface area contributed by atoms with E-state index in [4.69, 9.17) is 11.6 Å². The molecule has 0 aromatic carbocycles. The lowest BCUT2D eigenvalue weighted by Crippen LogP contribution is -2.16. The first-order valence-corrected chi connectivity index (χ1v) is 7.03. The minimum absolute atomic E-state index is 0.0368. The van der Waals surface area contributed by atoms with Crippen LogP contribution in [0.15, 0.2) is 6.20 Å². The molecule has 0 fully saturated rings. The topological polar surface area (TPSA) is 59.1 Å². The van der Waals surface area contributed by atoms with E-state index < -0.39 is 10.0 Å². The highest BCUT2D eigenvalue weighted by Gasteiger charge is 2.11. The molecule has 7 heteroatoms. The predicted molar refractivity (Wildman–Crippen MR) is 59.6 cm³/mol. The van der Waals surface area contributed by atoms with Crippen LogP contribution in [0.25, 0.3) is 0 Å². The number of anilines is 1. The summed E-state index contributed by atoms with van der Waals surface area (Å²) in [4.78, 5) is 4.88. The molecule has 0 saturated heterocycles. The van der Waals surface area contributed by atoms with Gasteiger partial charge in [-0.2, -0.15) is 0 Å². The fourth-order valence-corrected chi connectivity index (χ4v) is 3.13. The molecule has 4 nitrogen and oxygen atoms in total. The highest BCUT2D eigenvalue weighted by atomic mass is 35.5. The Bertz CT molecular complexity index is 388. The van der Waals surface area contributed by atoms with Crippen LogP contribution in [0.2, 0.25) is 0 Å². The van der Waals surface area contributed by atoms with Crippen molar-refractivity contribution in [3.63, 3.8) is 0 Å². The third-order valence-corrected chi connectivity index (χ3v) is 3.97. The predicted octanol–water partition coefficient (Wildman–Crippen LogP) is 1.82. The fourth-order valence-electron chi connectivity index (χ4n) is 0.831. The monoisotopic (exact) mass is 254 g/mol. The normalized spacial score (nSPS) is 11.6. The average molecular weight is 255 g/mol. The standard InChI is InChI=1S/C7H11ClN2O2S2/c1-6-5-9-7(13-6)10-14(11,12)4-2-3-8/h5H,2-4H2,1H3,(H,9,10). The molecule has 0 aliphatic carbocycles. The van der Waals surface area contributed by atoms with Crippen molar-refractivity contribution in [3.8, 4) is 0 Å². The minimum Gasteiger partial charge on any atom is -0.259 e. The summed E-state index contributed by atoms with van der Waals surface area (Å²) in [6, 6.07) is 0. The van der Waals surface area contributed by atoms with Gasteiger partial charge < -0.3 is 0 Å².